The van der Waals surface area contributed by atoms with Crippen LogP contribution < -0.4 is 0 Å². The Balaban J connectivity index is 0. The summed E-state index contributed by atoms with van der Waals surface area (Å²) in [6.45, 7) is 4.46. The Morgan fingerprint density at radius 3 is 1.30 bits per heavy atom. The summed E-state index contributed by atoms with van der Waals surface area (Å²) in [5.74, 6) is -3.65. The molecule has 0 amide bonds. The first-order valence-electron chi connectivity index (χ1n) is 2.84. The Hall–Kier alpha value is -0.843. The van der Waals surface area contributed by atoms with E-state index in [0.29, 0.717) is 0 Å². The molecule has 0 aromatic heterocycles. The fraction of sp³-hybridized carbons (Fsp3) is 0.600. The number of hydrogen-bond donors (Lipinski definition) is 2. The van der Waals surface area contributed by atoms with Gasteiger partial charge in [0.25, 0.3) is 0 Å². The van der Waals surface area contributed by atoms with E-state index in [-0.39, 0.29) is 0 Å². The van der Waals surface area contributed by atoms with E-state index in [2.05, 4.69) is 13.8 Å². The standard InChI is InChI=1S/C3H10Si.C2H2O4/c1-3(2)4;3-1(4)2(5)6/h3H,1-2,4H3;(H,3,4)(H,5,6). The first kappa shape index (κ1) is 11.9. The van der Waals surface area contributed by atoms with Gasteiger partial charge in [-0.3, -0.25) is 0 Å². The largest absolute Gasteiger partial charge is 0.473 e. The SMILES string of the molecule is CC(C)[SiH3].O=C(O)C(=O)O. The maximum absolute atomic E-state index is 9.10. The topological polar surface area (TPSA) is 74.6 Å². The molecule has 60 valence electrons. The molecule has 0 aliphatic heterocycles. The van der Waals surface area contributed by atoms with E-state index in [0.717, 1.165) is 5.54 Å². The monoisotopic (exact) mass is 164 g/mol. The van der Waals surface area contributed by atoms with Crippen LogP contribution in [-0.2, 0) is 9.59 Å². The fourth-order valence-electron chi connectivity index (χ4n) is 0. The van der Waals surface area contributed by atoms with Gasteiger partial charge in [0.1, 0.15) is 0 Å². The van der Waals surface area contributed by atoms with Crippen molar-refractivity contribution in [2.45, 2.75) is 19.4 Å². The third kappa shape index (κ3) is 27.2. The molecule has 5 heteroatoms. The van der Waals surface area contributed by atoms with Gasteiger partial charge >= 0.3 is 11.9 Å². The average molecular weight is 164 g/mol. The highest BCUT2D eigenvalue weighted by molar-refractivity contribution is 6.27. The second-order valence-electron chi connectivity index (χ2n) is 2.34. The molecule has 0 fully saturated rings. The van der Waals surface area contributed by atoms with Gasteiger partial charge in [-0.2, -0.15) is 0 Å². The maximum atomic E-state index is 9.10. The van der Waals surface area contributed by atoms with E-state index in [4.69, 9.17) is 19.8 Å². The highest BCUT2D eigenvalue weighted by atomic mass is 28.1. The molecule has 0 aromatic carbocycles. The Kier molecular flexibility index (Phi) is 7.47. The van der Waals surface area contributed by atoms with E-state index >= 15 is 0 Å². The normalized spacial score (nSPS) is 8.30. The van der Waals surface area contributed by atoms with E-state index in [1.165, 1.54) is 10.2 Å². The quantitative estimate of drug-likeness (QED) is 0.368. The fourth-order valence-corrected chi connectivity index (χ4v) is 0. The van der Waals surface area contributed by atoms with Crippen molar-refractivity contribution in [3.63, 3.8) is 0 Å². The zero-order valence-electron chi connectivity index (χ0n) is 6.29. The molecule has 0 unspecified atom stereocenters. The zero-order valence-corrected chi connectivity index (χ0v) is 8.29. The van der Waals surface area contributed by atoms with Gasteiger partial charge in [0.05, 0.1) is 0 Å². The van der Waals surface area contributed by atoms with Gasteiger partial charge in [-0.05, 0) is 0 Å². The van der Waals surface area contributed by atoms with Crippen LogP contribution in [0.4, 0.5) is 0 Å². The molecule has 0 bridgehead atoms. The van der Waals surface area contributed by atoms with Crippen LogP contribution in [0.1, 0.15) is 13.8 Å². The molecule has 0 atom stereocenters. The summed E-state index contributed by atoms with van der Waals surface area (Å²) in [6.07, 6.45) is 0. The first-order valence-corrected chi connectivity index (χ1v) is 3.99. The van der Waals surface area contributed by atoms with E-state index < -0.39 is 11.9 Å². The molecule has 0 aromatic rings. The van der Waals surface area contributed by atoms with Gasteiger partial charge in [0.2, 0.25) is 0 Å². The highest BCUT2D eigenvalue weighted by Crippen LogP contribution is 1.84. The van der Waals surface area contributed by atoms with Crippen LogP contribution in [0.3, 0.4) is 0 Å². The van der Waals surface area contributed by atoms with Gasteiger partial charge in [-0.15, -0.1) is 0 Å². The second kappa shape index (κ2) is 6.28. The van der Waals surface area contributed by atoms with Crippen LogP contribution in [0, 0.1) is 0 Å². The van der Waals surface area contributed by atoms with Crippen molar-refractivity contribution in [2.24, 2.45) is 0 Å². The minimum Gasteiger partial charge on any atom is -0.473 e. The lowest BCUT2D eigenvalue weighted by molar-refractivity contribution is -0.159. The number of carbonyl (C=O) groups is 2. The number of carboxylic acids is 2. The summed E-state index contributed by atoms with van der Waals surface area (Å²) in [5, 5.41) is 14.8. The molecule has 0 aliphatic rings. The van der Waals surface area contributed by atoms with Crippen LogP contribution in [0.5, 0.6) is 0 Å². The van der Waals surface area contributed by atoms with E-state index in [1.807, 2.05) is 0 Å². The summed E-state index contributed by atoms with van der Waals surface area (Å²) >= 11 is 0. The van der Waals surface area contributed by atoms with Crippen LogP contribution in [0.15, 0.2) is 0 Å². The Bertz CT molecular complexity index is 106. The van der Waals surface area contributed by atoms with Crippen molar-refractivity contribution in [3.8, 4) is 0 Å². The molecular formula is C5H12O4Si. The smallest absolute Gasteiger partial charge is 0.414 e. The molecule has 0 radical (unpaired) electrons. The maximum Gasteiger partial charge on any atom is 0.414 e. The van der Waals surface area contributed by atoms with Crippen LogP contribution in [-0.4, -0.2) is 32.4 Å². The van der Waals surface area contributed by atoms with Gasteiger partial charge < -0.3 is 10.2 Å². The lowest BCUT2D eigenvalue weighted by atomic mass is 10.6. The molecule has 0 saturated heterocycles. The van der Waals surface area contributed by atoms with Crippen LogP contribution >= 0.6 is 0 Å². The summed E-state index contributed by atoms with van der Waals surface area (Å²) < 4.78 is 0. The molecule has 0 spiro atoms. The van der Waals surface area contributed by atoms with E-state index in [9.17, 15) is 0 Å². The van der Waals surface area contributed by atoms with Crippen molar-refractivity contribution in [1.29, 1.82) is 0 Å². The van der Waals surface area contributed by atoms with Gasteiger partial charge in [-0.25, -0.2) is 9.59 Å². The van der Waals surface area contributed by atoms with E-state index in [1.54, 1.807) is 0 Å². The Morgan fingerprint density at radius 1 is 1.20 bits per heavy atom. The Morgan fingerprint density at radius 2 is 1.30 bits per heavy atom. The zero-order chi connectivity index (χ0) is 8.73. The van der Waals surface area contributed by atoms with Crippen LogP contribution in [0.2, 0.25) is 5.54 Å². The van der Waals surface area contributed by atoms with Gasteiger partial charge in [0.15, 0.2) is 0 Å². The first-order chi connectivity index (χ1) is 4.37. The summed E-state index contributed by atoms with van der Waals surface area (Å²) in [4.78, 5) is 18.2. The Labute approximate surface area is 62.3 Å². The van der Waals surface area contributed by atoms with Crippen molar-refractivity contribution in [1.82, 2.24) is 0 Å². The molecule has 0 saturated carbocycles. The third-order valence-corrected chi connectivity index (χ3v) is 0.183. The van der Waals surface area contributed by atoms with Crippen molar-refractivity contribution in [3.05, 3.63) is 0 Å². The van der Waals surface area contributed by atoms with Crippen LogP contribution in [0.25, 0.3) is 0 Å². The molecular weight excluding hydrogens is 152 g/mol. The predicted octanol–water partition coefficient (Wildman–Crippen LogP) is -0.664. The number of rotatable bonds is 0. The second-order valence-corrected chi connectivity index (χ2v) is 4.65. The number of aliphatic carboxylic acids is 2. The van der Waals surface area contributed by atoms with Crippen molar-refractivity contribution >= 4 is 22.2 Å². The average Bonchev–Trinajstić information content (AvgIpc) is 1.63. The highest BCUT2D eigenvalue weighted by Gasteiger charge is 2.04. The summed E-state index contributed by atoms with van der Waals surface area (Å²) in [7, 11) is 1.35. The van der Waals surface area contributed by atoms with Gasteiger partial charge in [0, 0.05) is 10.2 Å². The minimum atomic E-state index is -1.82. The molecule has 2 N–H and O–H groups in total. The molecule has 10 heavy (non-hydrogen) atoms. The molecule has 0 rings (SSSR count). The van der Waals surface area contributed by atoms with Crippen molar-refractivity contribution < 1.29 is 19.8 Å². The molecule has 4 nitrogen and oxygen atoms in total. The number of carboxylic acid groups (broad SMARTS) is 2. The van der Waals surface area contributed by atoms with Gasteiger partial charge in [-0.1, -0.05) is 19.4 Å². The minimum absolute atomic E-state index is 0.972. The molecule has 0 aliphatic carbocycles. The third-order valence-electron chi connectivity index (χ3n) is 0.183. The predicted molar refractivity (Wildman–Crippen MR) is 40.3 cm³/mol. The summed E-state index contributed by atoms with van der Waals surface area (Å²) in [6, 6.07) is 0. The summed E-state index contributed by atoms with van der Waals surface area (Å²) in [5.41, 5.74) is 0.972. The molecule has 0 heterocycles. The lowest BCUT2D eigenvalue weighted by Crippen LogP contribution is -2.09. The van der Waals surface area contributed by atoms with Crippen molar-refractivity contribution in [2.75, 3.05) is 0 Å². The number of hydrogen-bond acceptors (Lipinski definition) is 2. The lowest BCUT2D eigenvalue weighted by Gasteiger charge is -1.78.